The molecule has 0 aliphatic heterocycles. The van der Waals surface area contributed by atoms with Crippen molar-refractivity contribution >= 4 is 4.21 Å². The van der Waals surface area contributed by atoms with Crippen molar-refractivity contribution in [2.45, 2.75) is 41.5 Å². The monoisotopic (exact) mass is 318 g/mol. The fraction of sp³-hybridized carbons (Fsp3) is 0.471. The van der Waals surface area contributed by atoms with Crippen LogP contribution in [0.3, 0.4) is 0 Å². The van der Waals surface area contributed by atoms with Gasteiger partial charge in [-0.3, -0.25) is 12.2 Å². The second-order valence-corrected chi connectivity index (χ2v) is 4.85. The zero-order chi connectivity index (χ0) is 14.3. The van der Waals surface area contributed by atoms with Crippen LogP contribution in [0.4, 0.5) is 0 Å². The molecule has 2 atom stereocenters. The molecule has 0 amide bonds. The van der Waals surface area contributed by atoms with E-state index in [1.54, 1.807) is 0 Å². The van der Waals surface area contributed by atoms with Crippen molar-refractivity contribution in [3.63, 3.8) is 0 Å². The van der Waals surface area contributed by atoms with Gasteiger partial charge in [0.1, 0.15) is 0 Å². The van der Waals surface area contributed by atoms with Crippen molar-refractivity contribution in [2.24, 2.45) is 11.8 Å². The first-order chi connectivity index (χ1) is 8.40. The normalized spacial score (nSPS) is 24.9. The first-order valence-electron chi connectivity index (χ1n) is 6.32. The molecule has 2 rings (SSSR count). The Balaban J connectivity index is 0.000000283. The SMILES string of the molecule is CC1=[C-]C(C)C(C)=C1.CC1=[C-]C(C)C=C1C.[CH2]=[Zr+2]. The molecule has 96 valence electrons. The Bertz CT molecular complexity index is 376. The van der Waals surface area contributed by atoms with Gasteiger partial charge in [-0.1, -0.05) is 46.5 Å². The molecule has 0 saturated heterocycles. The summed E-state index contributed by atoms with van der Waals surface area (Å²) in [6.45, 7) is 12.8. The molecule has 0 N–H and O–H groups in total. The van der Waals surface area contributed by atoms with E-state index in [1.165, 1.54) is 46.5 Å². The Kier molecular flexibility index (Phi) is 8.61. The summed E-state index contributed by atoms with van der Waals surface area (Å²) in [4.78, 5) is 0. The Labute approximate surface area is 128 Å². The molecule has 2 aliphatic carbocycles. The molecule has 1 heteroatoms. The number of rotatable bonds is 0. The zero-order valence-corrected chi connectivity index (χ0v) is 15.0. The maximum atomic E-state index is 3.34. The van der Waals surface area contributed by atoms with Crippen LogP contribution in [-0.4, -0.2) is 4.21 Å². The summed E-state index contributed by atoms with van der Waals surface area (Å²) < 4.78 is 3.34. The topological polar surface area (TPSA) is 0 Å². The average Bonchev–Trinajstić information content (AvgIpc) is 2.74. The fourth-order valence-corrected chi connectivity index (χ4v) is 1.96. The molecule has 2 unspecified atom stereocenters. The third kappa shape index (κ3) is 6.05. The Morgan fingerprint density at radius 2 is 1.61 bits per heavy atom. The van der Waals surface area contributed by atoms with Crippen LogP contribution in [0, 0.1) is 24.0 Å². The molecule has 0 radical (unpaired) electrons. The minimum absolute atomic E-state index is 0.551. The van der Waals surface area contributed by atoms with E-state index in [1.807, 2.05) is 0 Å². The molecule has 0 spiro atoms. The third-order valence-electron chi connectivity index (χ3n) is 3.11. The van der Waals surface area contributed by atoms with Crippen molar-refractivity contribution in [1.82, 2.24) is 0 Å². The van der Waals surface area contributed by atoms with E-state index in [-0.39, 0.29) is 0 Å². The molecule has 0 fully saturated rings. The minimum atomic E-state index is 0.551. The van der Waals surface area contributed by atoms with Gasteiger partial charge in [0, 0.05) is 0 Å². The molecular weight excluding hydrogens is 295 g/mol. The number of hydrogen-bond acceptors (Lipinski definition) is 0. The quantitative estimate of drug-likeness (QED) is 0.571. The van der Waals surface area contributed by atoms with Gasteiger partial charge in [0.2, 0.25) is 0 Å². The summed E-state index contributed by atoms with van der Waals surface area (Å²) >= 11 is 1.30. The molecule has 0 saturated carbocycles. The van der Waals surface area contributed by atoms with Crippen LogP contribution in [0.5, 0.6) is 0 Å². The van der Waals surface area contributed by atoms with Crippen LogP contribution in [0.25, 0.3) is 0 Å². The first kappa shape index (κ1) is 17.7. The summed E-state index contributed by atoms with van der Waals surface area (Å²) in [5.74, 6) is 1.12. The molecule has 0 aromatic heterocycles. The molecule has 0 aromatic carbocycles. The van der Waals surface area contributed by atoms with Gasteiger partial charge in [-0.05, 0) is 0 Å². The second-order valence-electron chi connectivity index (χ2n) is 4.85. The van der Waals surface area contributed by atoms with E-state index >= 15 is 0 Å². The van der Waals surface area contributed by atoms with Crippen molar-refractivity contribution in [1.29, 1.82) is 0 Å². The van der Waals surface area contributed by atoms with Gasteiger partial charge >= 0.3 is 28.4 Å². The first-order valence-corrected chi connectivity index (χ1v) is 8.06. The van der Waals surface area contributed by atoms with E-state index in [0.29, 0.717) is 11.8 Å². The fourth-order valence-electron chi connectivity index (χ4n) is 1.96. The van der Waals surface area contributed by atoms with Gasteiger partial charge in [0.25, 0.3) is 0 Å². The van der Waals surface area contributed by atoms with Crippen LogP contribution >= 0.6 is 0 Å². The van der Waals surface area contributed by atoms with Gasteiger partial charge in [0.15, 0.2) is 0 Å². The van der Waals surface area contributed by atoms with Gasteiger partial charge in [-0.2, -0.15) is 11.6 Å². The van der Waals surface area contributed by atoms with Crippen LogP contribution < -0.4 is 0 Å². The average molecular weight is 320 g/mol. The van der Waals surface area contributed by atoms with E-state index in [0.717, 1.165) is 0 Å². The van der Waals surface area contributed by atoms with Crippen molar-refractivity contribution in [3.8, 4) is 0 Å². The summed E-state index contributed by atoms with van der Waals surface area (Å²) in [6, 6.07) is 0. The summed E-state index contributed by atoms with van der Waals surface area (Å²) in [6.07, 6.45) is 11.0. The van der Waals surface area contributed by atoms with E-state index in [9.17, 15) is 0 Å². The van der Waals surface area contributed by atoms with Crippen molar-refractivity contribution in [3.05, 3.63) is 46.6 Å². The van der Waals surface area contributed by atoms with E-state index in [4.69, 9.17) is 0 Å². The van der Waals surface area contributed by atoms with Crippen LogP contribution in [0.15, 0.2) is 34.4 Å². The molecule has 18 heavy (non-hydrogen) atoms. The van der Waals surface area contributed by atoms with Crippen LogP contribution in [0.2, 0.25) is 0 Å². The summed E-state index contributed by atoms with van der Waals surface area (Å²) in [5.41, 5.74) is 5.42. The molecule has 0 aromatic rings. The van der Waals surface area contributed by atoms with Crippen molar-refractivity contribution < 1.29 is 24.2 Å². The number of hydrogen-bond donors (Lipinski definition) is 0. The van der Waals surface area contributed by atoms with Gasteiger partial charge in [-0.15, -0.1) is 6.92 Å². The number of allylic oxidation sites excluding steroid dienone is 8. The van der Waals surface area contributed by atoms with Crippen LogP contribution in [0.1, 0.15) is 41.5 Å². The van der Waals surface area contributed by atoms with E-state index in [2.05, 4.69) is 70.1 Å². The third-order valence-corrected chi connectivity index (χ3v) is 3.11. The van der Waals surface area contributed by atoms with Crippen LogP contribution in [-0.2, 0) is 24.2 Å². The van der Waals surface area contributed by atoms with Gasteiger partial charge in [0.05, 0.1) is 0 Å². The molecule has 0 bridgehead atoms. The molecule has 0 nitrogen and oxygen atoms in total. The van der Waals surface area contributed by atoms with Gasteiger partial charge < -0.3 is 0 Å². The summed E-state index contributed by atoms with van der Waals surface area (Å²) in [5, 5.41) is 0. The van der Waals surface area contributed by atoms with Gasteiger partial charge in [-0.25, -0.2) is 22.8 Å². The second kappa shape index (κ2) is 8.75. The maximum absolute atomic E-state index is 3.34. The Morgan fingerprint density at radius 1 is 1.06 bits per heavy atom. The molecule has 0 heterocycles. The van der Waals surface area contributed by atoms with Crippen molar-refractivity contribution in [2.75, 3.05) is 0 Å². The zero-order valence-electron chi connectivity index (χ0n) is 12.5. The molecular formula is C17H24Zr. The predicted molar refractivity (Wildman–Crippen MR) is 77.8 cm³/mol. The standard InChI is InChI=1S/2C8H11.CH2.Zr/c2*1-6-4-7(2)8(3)5-6;;/h4,8H,1-3H3;4,6H,1-3H3;1H2;/q2*-1;;+2. The summed E-state index contributed by atoms with van der Waals surface area (Å²) in [7, 11) is 0. The van der Waals surface area contributed by atoms with E-state index < -0.39 is 0 Å². The predicted octanol–water partition coefficient (Wildman–Crippen LogP) is 4.63. The Morgan fingerprint density at radius 3 is 1.72 bits per heavy atom. The Hall–Kier alpha value is -0.287. The molecule has 2 aliphatic rings.